The number of hydrogen-bond acceptors (Lipinski definition) is 5. The van der Waals surface area contributed by atoms with Crippen LogP contribution in [0.1, 0.15) is 0 Å². The summed E-state index contributed by atoms with van der Waals surface area (Å²) in [4.78, 5) is 30.4. The second-order valence-corrected chi connectivity index (χ2v) is 1.98. The van der Waals surface area contributed by atoms with Gasteiger partial charge in [0, 0.05) is 7.05 Å². The molecule has 0 radical (unpaired) electrons. The predicted octanol–water partition coefficient (Wildman–Crippen LogP) is -0.894. The van der Waals surface area contributed by atoms with Gasteiger partial charge in [0.25, 0.3) is 0 Å². The average molecular weight is 194 g/mol. The Hall–Kier alpha value is -1.44. The molecule has 0 aromatic carbocycles. The van der Waals surface area contributed by atoms with Crippen molar-refractivity contribution >= 4 is 30.2 Å². The topological polar surface area (TPSA) is 105 Å². The highest BCUT2D eigenvalue weighted by Gasteiger charge is 2.11. The van der Waals surface area contributed by atoms with Gasteiger partial charge in [0.05, 0.1) is 0 Å². The van der Waals surface area contributed by atoms with E-state index in [9.17, 15) is 14.4 Å². The summed E-state index contributed by atoms with van der Waals surface area (Å²) in [6, 6.07) is 0. The molecule has 0 aliphatic carbocycles. The monoisotopic (exact) mass is 194 g/mol. The van der Waals surface area contributed by atoms with Gasteiger partial charge in [-0.15, -0.1) is 0 Å². The zero-order chi connectivity index (χ0) is 9.56. The molecule has 0 spiro atoms. The van der Waals surface area contributed by atoms with Crippen molar-refractivity contribution in [3.63, 3.8) is 0 Å². The molecular formula is C4H6N2O5S. The minimum Gasteiger partial charge on any atom is -0.474 e. The molecule has 0 aliphatic heterocycles. The maximum absolute atomic E-state index is 10.3. The number of nitrogens with one attached hydrogen (secondary N) is 2. The summed E-state index contributed by atoms with van der Waals surface area (Å²) in [5.74, 6) is -2.91. The quantitative estimate of drug-likeness (QED) is 0.299. The van der Waals surface area contributed by atoms with Crippen LogP contribution >= 0.6 is 12.2 Å². The lowest BCUT2D eigenvalue weighted by atomic mass is 10.7. The summed E-state index contributed by atoms with van der Waals surface area (Å²) in [7, 11) is 1.32. The lowest BCUT2D eigenvalue weighted by molar-refractivity contribution is -0.149. The fourth-order valence-electron chi connectivity index (χ4n) is 0.182. The Morgan fingerprint density at radius 1 is 1.42 bits per heavy atom. The zero-order valence-electron chi connectivity index (χ0n) is 5.99. The molecule has 3 N–H and O–H groups in total. The molecule has 0 aromatic heterocycles. The van der Waals surface area contributed by atoms with E-state index in [4.69, 9.17) is 5.11 Å². The third kappa shape index (κ3) is 4.39. The Balaban J connectivity index is 3.50. The third-order valence-corrected chi connectivity index (χ3v) is 1.15. The molecule has 0 rings (SSSR count). The Kier molecular flexibility index (Phi) is 4.61. The Morgan fingerprint density at radius 3 is 2.42 bits per heavy atom. The number of carbonyl (C=O) groups is 3. The first kappa shape index (κ1) is 10.6. The van der Waals surface area contributed by atoms with Crippen LogP contribution in [-0.2, 0) is 13.8 Å². The summed E-state index contributed by atoms with van der Waals surface area (Å²) in [6.07, 6.45) is -0.786. The Labute approximate surface area is 71.8 Å². The van der Waals surface area contributed by atoms with Crippen LogP contribution in [0.25, 0.3) is 0 Å². The largest absolute Gasteiger partial charge is 0.474 e. The number of carboxylic acids is 1. The number of hydrogen-bond donors (Lipinski definition) is 3. The second-order valence-electron chi connectivity index (χ2n) is 1.44. The van der Waals surface area contributed by atoms with Gasteiger partial charge >= 0.3 is 18.0 Å². The van der Waals surface area contributed by atoms with Crippen LogP contribution in [0, 0.1) is 0 Å². The van der Waals surface area contributed by atoms with E-state index in [0.717, 1.165) is 0 Å². The number of amides is 2. The summed E-state index contributed by atoms with van der Waals surface area (Å²) < 4.78 is 5.93. The maximum Gasteiger partial charge on any atom is 0.420 e. The van der Waals surface area contributed by atoms with Gasteiger partial charge in [-0.05, 0) is 0 Å². The SMILES string of the molecule is CNC(=O)OSNC(=O)C(=O)O. The van der Waals surface area contributed by atoms with Crippen molar-refractivity contribution in [3.05, 3.63) is 0 Å². The molecular weight excluding hydrogens is 188 g/mol. The van der Waals surface area contributed by atoms with Crippen molar-refractivity contribution in [1.29, 1.82) is 0 Å². The van der Waals surface area contributed by atoms with Crippen molar-refractivity contribution in [2.75, 3.05) is 7.05 Å². The summed E-state index contributed by atoms with van der Waals surface area (Å²) in [5.41, 5.74) is 0. The first-order chi connectivity index (χ1) is 5.57. The average Bonchev–Trinajstić information content (AvgIpc) is 2.03. The van der Waals surface area contributed by atoms with Crippen molar-refractivity contribution in [3.8, 4) is 0 Å². The van der Waals surface area contributed by atoms with Crippen LogP contribution in [0.5, 0.6) is 0 Å². The fourth-order valence-corrected chi connectivity index (χ4v) is 0.546. The van der Waals surface area contributed by atoms with Crippen LogP contribution in [0.15, 0.2) is 0 Å². The molecule has 8 heteroatoms. The molecule has 7 nitrogen and oxygen atoms in total. The molecule has 0 heterocycles. The van der Waals surface area contributed by atoms with Gasteiger partial charge in [0.2, 0.25) is 0 Å². The van der Waals surface area contributed by atoms with E-state index < -0.39 is 18.0 Å². The van der Waals surface area contributed by atoms with Gasteiger partial charge in [0.15, 0.2) is 12.2 Å². The normalized spacial score (nSPS) is 8.42. The molecule has 0 aromatic rings. The number of aliphatic carboxylic acids is 1. The Morgan fingerprint density at radius 2 is 2.00 bits per heavy atom. The molecule has 0 bridgehead atoms. The second kappa shape index (κ2) is 5.24. The molecule has 0 saturated carbocycles. The standard InChI is InChI=1S/C4H6N2O5S/c1-5-4(10)11-12-6-2(7)3(8)9/h1H3,(H,5,10)(H,6,7)(H,8,9). The summed E-state index contributed by atoms with van der Waals surface area (Å²) >= 11 is 0.230. The molecule has 68 valence electrons. The minimum atomic E-state index is -1.65. The lowest BCUT2D eigenvalue weighted by Crippen LogP contribution is -2.27. The van der Waals surface area contributed by atoms with E-state index in [0.29, 0.717) is 0 Å². The van der Waals surface area contributed by atoms with Crippen molar-refractivity contribution in [2.24, 2.45) is 0 Å². The van der Waals surface area contributed by atoms with E-state index in [-0.39, 0.29) is 12.2 Å². The van der Waals surface area contributed by atoms with E-state index in [2.05, 4.69) is 9.50 Å². The van der Waals surface area contributed by atoms with Crippen molar-refractivity contribution < 1.29 is 23.7 Å². The number of carbonyl (C=O) groups excluding carboxylic acids is 2. The first-order valence-corrected chi connectivity index (χ1v) is 3.40. The van der Waals surface area contributed by atoms with Crippen LogP contribution < -0.4 is 10.0 Å². The highest BCUT2D eigenvalue weighted by molar-refractivity contribution is 7.93. The lowest BCUT2D eigenvalue weighted by Gasteiger charge is -1.99. The van der Waals surface area contributed by atoms with E-state index in [1.165, 1.54) is 7.05 Å². The van der Waals surface area contributed by atoms with Crippen LogP contribution in [0.2, 0.25) is 0 Å². The first-order valence-electron chi connectivity index (χ1n) is 2.66. The molecule has 2 amide bonds. The van der Waals surface area contributed by atoms with E-state index >= 15 is 0 Å². The van der Waals surface area contributed by atoms with Crippen molar-refractivity contribution in [1.82, 2.24) is 10.0 Å². The van der Waals surface area contributed by atoms with Gasteiger partial charge in [-0.2, -0.15) is 0 Å². The highest BCUT2D eigenvalue weighted by Crippen LogP contribution is 1.95. The molecule has 0 fully saturated rings. The summed E-state index contributed by atoms with van der Waals surface area (Å²) in [6.45, 7) is 0. The Bertz CT molecular complexity index is 206. The maximum atomic E-state index is 10.3. The van der Waals surface area contributed by atoms with Crippen LogP contribution in [-0.4, -0.2) is 30.1 Å². The smallest absolute Gasteiger partial charge is 0.420 e. The van der Waals surface area contributed by atoms with E-state index in [1.807, 2.05) is 0 Å². The predicted molar refractivity (Wildman–Crippen MR) is 38.9 cm³/mol. The highest BCUT2D eigenvalue weighted by atomic mass is 32.2. The van der Waals surface area contributed by atoms with Crippen molar-refractivity contribution in [2.45, 2.75) is 0 Å². The molecule has 0 unspecified atom stereocenters. The van der Waals surface area contributed by atoms with Crippen LogP contribution in [0.4, 0.5) is 4.79 Å². The van der Waals surface area contributed by atoms with Gasteiger partial charge in [0.1, 0.15) is 0 Å². The van der Waals surface area contributed by atoms with E-state index in [1.54, 1.807) is 4.72 Å². The zero-order valence-corrected chi connectivity index (χ0v) is 6.80. The molecule has 12 heavy (non-hydrogen) atoms. The molecule has 0 atom stereocenters. The number of rotatable bonds is 2. The number of carboxylic acid groups (broad SMARTS) is 1. The summed E-state index contributed by atoms with van der Waals surface area (Å²) in [5, 5.41) is 10.1. The fraction of sp³-hybridized carbons (Fsp3) is 0.250. The minimum absolute atomic E-state index is 0.230. The van der Waals surface area contributed by atoms with Crippen LogP contribution in [0.3, 0.4) is 0 Å². The molecule has 0 saturated heterocycles. The van der Waals surface area contributed by atoms with Gasteiger partial charge in [-0.25, -0.2) is 9.59 Å². The molecule has 0 aliphatic rings. The van der Waals surface area contributed by atoms with Gasteiger partial charge in [-0.1, -0.05) is 0 Å². The van der Waals surface area contributed by atoms with Gasteiger partial charge < -0.3 is 14.6 Å². The van der Waals surface area contributed by atoms with Gasteiger partial charge in [-0.3, -0.25) is 9.52 Å². The third-order valence-electron chi connectivity index (χ3n) is 0.650.